The largest absolute Gasteiger partial charge is 0.497 e. The van der Waals surface area contributed by atoms with E-state index < -0.39 is 0 Å². The molecule has 2 N–H and O–H groups in total. The summed E-state index contributed by atoms with van der Waals surface area (Å²) < 4.78 is 5.36. The average Bonchev–Trinajstić information content (AvgIpc) is 3.21. The maximum atomic E-state index is 12.2. The van der Waals surface area contributed by atoms with Crippen molar-refractivity contribution >= 4 is 18.3 Å². The number of rotatable bonds is 7. The van der Waals surface area contributed by atoms with Gasteiger partial charge in [-0.15, -0.1) is 12.4 Å². The van der Waals surface area contributed by atoms with Crippen LogP contribution in [0.1, 0.15) is 43.7 Å². The minimum atomic E-state index is 0. The van der Waals surface area contributed by atoms with E-state index in [9.17, 15) is 4.79 Å². The van der Waals surface area contributed by atoms with E-state index in [1.54, 1.807) is 7.11 Å². The number of nitrogens with zero attached hydrogens (tertiary/aromatic N) is 1. The van der Waals surface area contributed by atoms with Crippen LogP contribution in [-0.4, -0.2) is 50.1 Å². The maximum Gasteiger partial charge on any atom is 0.237 e. The summed E-state index contributed by atoms with van der Waals surface area (Å²) in [4.78, 5) is 14.7. The third-order valence-electron chi connectivity index (χ3n) is 5.73. The van der Waals surface area contributed by atoms with Crippen molar-refractivity contribution in [3.63, 3.8) is 0 Å². The Hall–Kier alpha value is -1.30. The van der Waals surface area contributed by atoms with Gasteiger partial charge in [-0.05, 0) is 74.4 Å². The predicted octanol–water partition coefficient (Wildman–Crippen LogP) is 2.76. The van der Waals surface area contributed by atoms with Crippen molar-refractivity contribution in [1.82, 2.24) is 15.5 Å². The first-order valence-electron chi connectivity index (χ1n) is 10.1. The van der Waals surface area contributed by atoms with Gasteiger partial charge in [0.05, 0.1) is 13.2 Å². The molecule has 152 valence electrons. The van der Waals surface area contributed by atoms with E-state index in [1.807, 2.05) is 0 Å². The first kappa shape index (κ1) is 22.0. The van der Waals surface area contributed by atoms with Crippen LogP contribution >= 0.6 is 12.4 Å². The van der Waals surface area contributed by atoms with Crippen LogP contribution in [0.25, 0.3) is 0 Å². The molecule has 2 aliphatic heterocycles. The number of hydrogen-bond acceptors (Lipinski definition) is 4. The standard InChI is InChI=1S/C21H33N3O2.ClH/c1-3-17-12-19(26-2)9-8-18(17)15-24-11-5-6-16(14-24)13-23-21(25)20-7-4-10-22-20;/h8-9,12,16,20,22H,3-7,10-11,13-15H2,1-2H3,(H,23,25);1H. The maximum absolute atomic E-state index is 12.2. The quantitative estimate of drug-likeness (QED) is 0.745. The molecule has 2 fully saturated rings. The molecule has 0 radical (unpaired) electrons. The van der Waals surface area contributed by atoms with Gasteiger partial charge in [-0.2, -0.15) is 0 Å². The van der Waals surface area contributed by atoms with E-state index >= 15 is 0 Å². The van der Waals surface area contributed by atoms with Crippen molar-refractivity contribution in [1.29, 1.82) is 0 Å². The number of amides is 1. The summed E-state index contributed by atoms with van der Waals surface area (Å²) in [6.07, 6.45) is 5.52. The zero-order valence-electron chi connectivity index (χ0n) is 16.6. The van der Waals surface area contributed by atoms with E-state index in [2.05, 4.69) is 40.7 Å². The molecule has 2 unspecified atom stereocenters. The Balaban J connectivity index is 0.00000261. The topological polar surface area (TPSA) is 53.6 Å². The van der Waals surface area contributed by atoms with E-state index in [1.165, 1.54) is 24.0 Å². The Kier molecular flexibility index (Phi) is 8.87. The van der Waals surface area contributed by atoms with Gasteiger partial charge in [-0.1, -0.05) is 13.0 Å². The number of piperidine rings is 1. The zero-order valence-corrected chi connectivity index (χ0v) is 17.4. The highest BCUT2D eigenvalue weighted by molar-refractivity contribution is 5.85. The zero-order chi connectivity index (χ0) is 18.4. The molecular weight excluding hydrogens is 362 g/mol. The lowest BCUT2D eigenvalue weighted by Gasteiger charge is -2.33. The van der Waals surface area contributed by atoms with E-state index in [-0.39, 0.29) is 24.4 Å². The number of hydrogen-bond donors (Lipinski definition) is 2. The summed E-state index contributed by atoms with van der Waals surface area (Å²) >= 11 is 0. The number of likely N-dealkylation sites (tertiary alicyclic amines) is 1. The Labute approximate surface area is 169 Å². The average molecular weight is 396 g/mol. The number of ether oxygens (including phenoxy) is 1. The van der Waals surface area contributed by atoms with E-state index in [4.69, 9.17) is 4.74 Å². The summed E-state index contributed by atoms with van der Waals surface area (Å²) in [5, 5.41) is 6.45. The van der Waals surface area contributed by atoms with Gasteiger partial charge in [0.25, 0.3) is 0 Å². The second-order valence-electron chi connectivity index (χ2n) is 7.63. The first-order valence-corrected chi connectivity index (χ1v) is 10.1. The Bertz CT molecular complexity index is 605. The fraction of sp³-hybridized carbons (Fsp3) is 0.667. The summed E-state index contributed by atoms with van der Waals surface area (Å²) in [6, 6.07) is 6.45. The van der Waals surface area contributed by atoms with Gasteiger partial charge in [0.2, 0.25) is 5.91 Å². The van der Waals surface area contributed by atoms with E-state index in [0.29, 0.717) is 5.92 Å². The minimum absolute atomic E-state index is 0. The molecule has 0 aromatic heterocycles. The summed E-state index contributed by atoms with van der Waals surface area (Å²) in [5.41, 5.74) is 2.76. The van der Waals surface area contributed by atoms with Crippen LogP contribution in [0.5, 0.6) is 5.75 Å². The van der Waals surface area contributed by atoms with Gasteiger partial charge >= 0.3 is 0 Å². The number of benzene rings is 1. The second-order valence-corrected chi connectivity index (χ2v) is 7.63. The monoisotopic (exact) mass is 395 g/mol. The van der Waals surface area contributed by atoms with Crippen molar-refractivity contribution in [2.45, 2.75) is 51.6 Å². The number of nitrogens with one attached hydrogen (secondary N) is 2. The van der Waals surface area contributed by atoms with Gasteiger partial charge in [-0.25, -0.2) is 0 Å². The molecule has 0 bridgehead atoms. The molecule has 0 aliphatic carbocycles. The molecule has 2 aliphatic rings. The van der Waals surface area contributed by atoms with Crippen LogP contribution in [-0.2, 0) is 17.8 Å². The van der Waals surface area contributed by atoms with Gasteiger partial charge in [0.15, 0.2) is 0 Å². The van der Waals surface area contributed by atoms with Crippen LogP contribution < -0.4 is 15.4 Å². The normalized spacial score (nSPS) is 22.9. The molecule has 1 aromatic rings. The molecule has 1 amide bonds. The van der Waals surface area contributed by atoms with Crippen LogP contribution in [0.2, 0.25) is 0 Å². The Morgan fingerprint density at radius 1 is 1.30 bits per heavy atom. The first-order chi connectivity index (χ1) is 12.7. The van der Waals surface area contributed by atoms with Crippen molar-refractivity contribution < 1.29 is 9.53 Å². The van der Waals surface area contributed by atoms with Crippen LogP contribution in [0.4, 0.5) is 0 Å². The molecule has 2 heterocycles. The molecule has 1 aromatic carbocycles. The summed E-state index contributed by atoms with van der Waals surface area (Å²) in [7, 11) is 1.72. The second kappa shape index (κ2) is 10.9. The van der Waals surface area contributed by atoms with Crippen LogP contribution in [0.15, 0.2) is 18.2 Å². The molecular formula is C21H34ClN3O2. The minimum Gasteiger partial charge on any atom is -0.497 e. The number of aryl methyl sites for hydroxylation is 1. The van der Waals surface area contributed by atoms with Gasteiger partial charge < -0.3 is 15.4 Å². The molecule has 0 spiro atoms. The number of carbonyl (C=O) groups is 1. The molecule has 5 nitrogen and oxygen atoms in total. The summed E-state index contributed by atoms with van der Waals surface area (Å²) in [6.45, 7) is 7.16. The predicted molar refractivity (Wildman–Crippen MR) is 112 cm³/mol. The third kappa shape index (κ3) is 6.09. The highest BCUT2D eigenvalue weighted by Gasteiger charge is 2.25. The lowest BCUT2D eigenvalue weighted by molar-refractivity contribution is -0.123. The van der Waals surface area contributed by atoms with Gasteiger partial charge in [-0.3, -0.25) is 9.69 Å². The van der Waals surface area contributed by atoms with Crippen molar-refractivity contribution in [2.75, 3.05) is 33.3 Å². The number of halogens is 1. The SMILES string of the molecule is CCc1cc(OC)ccc1CN1CCCC(CNC(=O)C2CCCN2)C1.Cl. The van der Waals surface area contributed by atoms with Crippen molar-refractivity contribution in [3.8, 4) is 5.75 Å². The third-order valence-corrected chi connectivity index (χ3v) is 5.73. The Morgan fingerprint density at radius 2 is 2.15 bits per heavy atom. The highest BCUT2D eigenvalue weighted by atomic mass is 35.5. The van der Waals surface area contributed by atoms with Crippen molar-refractivity contribution in [3.05, 3.63) is 29.3 Å². The van der Waals surface area contributed by atoms with Gasteiger partial charge in [0, 0.05) is 19.6 Å². The van der Waals surface area contributed by atoms with Crippen molar-refractivity contribution in [2.24, 2.45) is 5.92 Å². The number of methoxy groups -OCH3 is 1. The molecule has 2 atom stereocenters. The molecule has 6 heteroatoms. The molecule has 3 rings (SSSR count). The molecule has 27 heavy (non-hydrogen) atoms. The fourth-order valence-corrected chi connectivity index (χ4v) is 4.19. The van der Waals surface area contributed by atoms with E-state index in [0.717, 1.165) is 57.7 Å². The molecule has 0 saturated carbocycles. The van der Waals surface area contributed by atoms with Crippen LogP contribution in [0, 0.1) is 5.92 Å². The number of carbonyl (C=O) groups excluding carboxylic acids is 1. The smallest absolute Gasteiger partial charge is 0.237 e. The van der Waals surface area contributed by atoms with Gasteiger partial charge in [0.1, 0.15) is 5.75 Å². The highest BCUT2D eigenvalue weighted by Crippen LogP contribution is 2.23. The lowest BCUT2D eigenvalue weighted by atomic mass is 9.96. The lowest BCUT2D eigenvalue weighted by Crippen LogP contribution is -2.45. The fourth-order valence-electron chi connectivity index (χ4n) is 4.19. The molecule has 2 saturated heterocycles. The summed E-state index contributed by atoms with van der Waals surface area (Å²) in [5.74, 6) is 1.67. The van der Waals surface area contributed by atoms with Crippen LogP contribution in [0.3, 0.4) is 0 Å². The Morgan fingerprint density at radius 3 is 2.85 bits per heavy atom.